The molecule has 0 saturated carbocycles. The maximum absolute atomic E-state index is 11.7. The van der Waals surface area contributed by atoms with Gasteiger partial charge in [-0.15, -0.1) is 0 Å². The summed E-state index contributed by atoms with van der Waals surface area (Å²) >= 11 is 0. The molecule has 1 heterocycles. The standard InChI is InChI=1S/C13H26N2O2/c1-4-11(5-2)15-13(16)9-14-10(3)12-7-6-8-17-12/h10-12,14H,4-9H2,1-3H3,(H,15,16). The fraction of sp³-hybridized carbons (Fsp3) is 0.923. The minimum atomic E-state index is 0.0866. The zero-order valence-corrected chi connectivity index (χ0v) is 11.3. The number of ether oxygens (including phenoxy) is 1. The van der Waals surface area contributed by atoms with Crippen LogP contribution in [0.4, 0.5) is 0 Å². The summed E-state index contributed by atoms with van der Waals surface area (Å²) in [5.74, 6) is 0.0866. The Bertz CT molecular complexity index is 223. The molecule has 0 aromatic carbocycles. The second-order valence-corrected chi connectivity index (χ2v) is 4.80. The van der Waals surface area contributed by atoms with Crippen LogP contribution in [-0.2, 0) is 9.53 Å². The van der Waals surface area contributed by atoms with E-state index in [1.54, 1.807) is 0 Å². The normalized spacial score (nSPS) is 21.8. The van der Waals surface area contributed by atoms with Crippen LogP contribution in [0.25, 0.3) is 0 Å². The van der Waals surface area contributed by atoms with Crippen molar-refractivity contribution in [2.75, 3.05) is 13.2 Å². The van der Waals surface area contributed by atoms with E-state index in [0.29, 0.717) is 12.6 Å². The van der Waals surface area contributed by atoms with Crippen LogP contribution in [0, 0.1) is 0 Å². The summed E-state index contributed by atoms with van der Waals surface area (Å²) in [4.78, 5) is 11.7. The molecule has 1 fully saturated rings. The van der Waals surface area contributed by atoms with Crippen molar-refractivity contribution in [2.24, 2.45) is 0 Å². The van der Waals surface area contributed by atoms with Crippen LogP contribution in [0.5, 0.6) is 0 Å². The fourth-order valence-electron chi connectivity index (χ4n) is 2.15. The number of amides is 1. The quantitative estimate of drug-likeness (QED) is 0.710. The molecule has 4 nitrogen and oxygen atoms in total. The van der Waals surface area contributed by atoms with Crippen molar-refractivity contribution in [3.63, 3.8) is 0 Å². The molecule has 1 aliphatic heterocycles. The molecule has 0 aromatic rings. The molecule has 2 N–H and O–H groups in total. The van der Waals surface area contributed by atoms with E-state index in [9.17, 15) is 4.79 Å². The minimum Gasteiger partial charge on any atom is -0.377 e. The van der Waals surface area contributed by atoms with Gasteiger partial charge in [-0.2, -0.15) is 0 Å². The van der Waals surface area contributed by atoms with Gasteiger partial charge in [0.25, 0.3) is 0 Å². The summed E-state index contributed by atoms with van der Waals surface area (Å²) in [6.45, 7) is 7.52. The monoisotopic (exact) mass is 242 g/mol. The van der Waals surface area contributed by atoms with Gasteiger partial charge in [0.05, 0.1) is 12.6 Å². The van der Waals surface area contributed by atoms with Crippen molar-refractivity contribution >= 4 is 5.91 Å². The summed E-state index contributed by atoms with van der Waals surface area (Å²) in [6.07, 6.45) is 4.49. The Balaban J connectivity index is 2.18. The second kappa shape index (κ2) is 7.67. The fourth-order valence-corrected chi connectivity index (χ4v) is 2.15. The van der Waals surface area contributed by atoms with Crippen LogP contribution >= 0.6 is 0 Å². The molecule has 0 aliphatic carbocycles. The van der Waals surface area contributed by atoms with E-state index in [1.165, 1.54) is 0 Å². The van der Waals surface area contributed by atoms with Crippen molar-refractivity contribution < 1.29 is 9.53 Å². The summed E-state index contributed by atoms with van der Waals surface area (Å²) in [5.41, 5.74) is 0. The molecule has 2 atom stereocenters. The lowest BCUT2D eigenvalue weighted by atomic mass is 10.1. The summed E-state index contributed by atoms with van der Waals surface area (Å²) in [6, 6.07) is 0.562. The third-order valence-electron chi connectivity index (χ3n) is 3.46. The van der Waals surface area contributed by atoms with Gasteiger partial charge in [0.1, 0.15) is 0 Å². The highest BCUT2D eigenvalue weighted by Gasteiger charge is 2.22. The first-order valence-electron chi connectivity index (χ1n) is 6.81. The van der Waals surface area contributed by atoms with Crippen LogP contribution in [0.1, 0.15) is 46.5 Å². The third kappa shape index (κ3) is 5.04. The molecule has 1 aliphatic rings. The topological polar surface area (TPSA) is 50.4 Å². The van der Waals surface area contributed by atoms with Crippen molar-refractivity contribution in [2.45, 2.75) is 64.6 Å². The third-order valence-corrected chi connectivity index (χ3v) is 3.46. The van der Waals surface area contributed by atoms with Crippen molar-refractivity contribution in [3.8, 4) is 0 Å². The zero-order chi connectivity index (χ0) is 12.7. The molecule has 0 radical (unpaired) electrons. The molecule has 1 saturated heterocycles. The first-order valence-corrected chi connectivity index (χ1v) is 6.81. The van der Waals surface area contributed by atoms with Gasteiger partial charge in [0.2, 0.25) is 5.91 Å². The number of nitrogens with one attached hydrogen (secondary N) is 2. The van der Waals surface area contributed by atoms with Gasteiger partial charge < -0.3 is 15.4 Å². The van der Waals surface area contributed by atoms with E-state index < -0.39 is 0 Å². The Morgan fingerprint density at radius 2 is 2.12 bits per heavy atom. The van der Waals surface area contributed by atoms with Gasteiger partial charge in [-0.25, -0.2) is 0 Å². The Kier molecular flexibility index (Phi) is 6.52. The number of hydrogen-bond acceptors (Lipinski definition) is 3. The minimum absolute atomic E-state index is 0.0866. The predicted octanol–water partition coefficient (Wildman–Crippen LogP) is 1.45. The van der Waals surface area contributed by atoms with E-state index in [-0.39, 0.29) is 18.1 Å². The van der Waals surface area contributed by atoms with Crippen molar-refractivity contribution in [1.29, 1.82) is 0 Å². The molecule has 100 valence electrons. The van der Waals surface area contributed by atoms with Crippen LogP contribution in [0.3, 0.4) is 0 Å². The number of rotatable bonds is 7. The average Bonchev–Trinajstić information content (AvgIpc) is 2.86. The maximum Gasteiger partial charge on any atom is 0.234 e. The lowest BCUT2D eigenvalue weighted by molar-refractivity contribution is -0.121. The van der Waals surface area contributed by atoms with Gasteiger partial charge in [0, 0.05) is 18.7 Å². The van der Waals surface area contributed by atoms with E-state index in [1.807, 2.05) is 0 Å². The van der Waals surface area contributed by atoms with Crippen LogP contribution in [-0.4, -0.2) is 37.2 Å². The average molecular weight is 242 g/mol. The van der Waals surface area contributed by atoms with E-state index in [2.05, 4.69) is 31.4 Å². The molecule has 1 amide bonds. The molecular formula is C13H26N2O2. The van der Waals surface area contributed by atoms with Gasteiger partial charge >= 0.3 is 0 Å². The van der Waals surface area contributed by atoms with Crippen LogP contribution in [0.2, 0.25) is 0 Å². The maximum atomic E-state index is 11.7. The van der Waals surface area contributed by atoms with Gasteiger partial charge in [0.15, 0.2) is 0 Å². The Labute approximate surface area is 104 Å². The highest BCUT2D eigenvalue weighted by molar-refractivity contribution is 5.78. The van der Waals surface area contributed by atoms with Crippen molar-refractivity contribution in [1.82, 2.24) is 10.6 Å². The number of carbonyl (C=O) groups is 1. The van der Waals surface area contributed by atoms with Gasteiger partial charge in [-0.3, -0.25) is 4.79 Å². The van der Waals surface area contributed by atoms with E-state index >= 15 is 0 Å². The highest BCUT2D eigenvalue weighted by atomic mass is 16.5. The summed E-state index contributed by atoms with van der Waals surface area (Å²) in [5, 5.41) is 6.26. The highest BCUT2D eigenvalue weighted by Crippen LogP contribution is 2.14. The van der Waals surface area contributed by atoms with E-state index in [0.717, 1.165) is 32.3 Å². The first kappa shape index (κ1) is 14.5. The second-order valence-electron chi connectivity index (χ2n) is 4.80. The van der Waals surface area contributed by atoms with E-state index in [4.69, 9.17) is 4.74 Å². The lowest BCUT2D eigenvalue weighted by Gasteiger charge is -2.21. The Morgan fingerprint density at radius 1 is 1.41 bits per heavy atom. The molecule has 0 spiro atoms. The summed E-state index contributed by atoms with van der Waals surface area (Å²) < 4.78 is 5.58. The molecule has 17 heavy (non-hydrogen) atoms. The lowest BCUT2D eigenvalue weighted by Crippen LogP contribution is -2.45. The largest absolute Gasteiger partial charge is 0.377 e. The van der Waals surface area contributed by atoms with Crippen LogP contribution < -0.4 is 10.6 Å². The predicted molar refractivity (Wildman–Crippen MR) is 69.0 cm³/mol. The SMILES string of the molecule is CCC(CC)NC(=O)CNC(C)C1CCCO1. The Morgan fingerprint density at radius 3 is 2.65 bits per heavy atom. The van der Waals surface area contributed by atoms with Crippen molar-refractivity contribution in [3.05, 3.63) is 0 Å². The van der Waals surface area contributed by atoms with Gasteiger partial charge in [-0.05, 0) is 32.6 Å². The summed E-state index contributed by atoms with van der Waals surface area (Å²) in [7, 11) is 0. The molecular weight excluding hydrogens is 216 g/mol. The number of carbonyl (C=O) groups excluding carboxylic acids is 1. The molecule has 0 bridgehead atoms. The Hall–Kier alpha value is -0.610. The number of hydrogen-bond donors (Lipinski definition) is 2. The zero-order valence-electron chi connectivity index (χ0n) is 11.3. The molecule has 2 unspecified atom stereocenters. The smallest absolute Gasteiger partial charge is 0.234 e. The molecule has 0 aromatic heterocycles. The molecule has 4 heteroatoms. The molecule has 1 rings (SSSR count). The van der Waals surface area contributed by atoms with Gasteiger partial charge in [-0.1, -0.05) is 13.8 Å². The van der Waals surface area contributed by atoms with Crippen LogP contribution in [0.15, 0.2) is 0 Å². The first-order chi connectivity index (χ1) is 8.17.